The molecule has 22 heavy (non-hydrogen) atoms. The Hall–Kier alpha value is -1.31. The van der Waals surface area contributed by atoms with Crippen molar-refractivity contribution >= 4 is 23.1 Å². The molecule has 0 radical (unpaired) electrons. The van der Waals surface area contributed by atoms with Crippen LogP contribution < -0.4 is 0 Å². The van der Waals surface area contributed by atoms with Gasteiger partial charge < -0.3 is 0 Å². The van der Waals surface area contributed by atoms with Gasteiger partial charge in [0.1, 0.15) is 11.5 Å². The van der Waals surface area contributed by atoms with Gasteiger partial charge in [0, 0.05) is 0 Å². The Morgan fingerprint density at radius 1 is 1.27 bits per heavy atom. The second-order valence-electron chi connectivity index (χ2n) is 6.20. The molecular weight excluding hydrogens is 293 g/mol. The van der Waals surface area contributed by atoms with Gasteiger partial charge >= 0.3 is 0 Å². The largest absolute Gasteiger partial charge is 0.205 e. The van der Waals surface area contributed by atoms with Crippen LogP contribution in [0.5, 0.6) is 0 Å². The van der Waals surface area contributed by atoms with Crippen molar-refractivity contribution in [3.8, 4) is 0 Å². The first-order valence-corrected chi connectivity index (χ1v) is 8.63. The highest BCUT2D eigenvalue weighted by atomic mass is 32.1. The van der Waals surface area contributed by atoms with Crippen molar-refractivity contribution in [2.24, 2.45) is 10.9 Å². The number of aliphatic imine (C=N–C) groups is 1. The van der Waals surface area contributed by atoms with Crippen molar-refractivity contribution in [1.29, 1.82) is 0 Å². The van der Waals surface area contributed by atoms with Crippen molar-refractivity contribution in [3.05, 3.63) is 42.2 Å². The number of thiocarbonyl (C=S) groups is 1. The molecule has 0 amide bonds. The van der Waals surface area contributed by atoms with E-state index in [-0.39, 0.29) is 11.5 Å². The quantitative estimate of drug-likeness (QED) is 0.239. The molecule has 0 atom stereocenters. The molecule has 2 rings (SSSR count). The van der Waals surface area contributed by atoms with E-state index in [1.54, 1.807) is 12.1 Å². The van der Waals surface area contributed by atoms with E-state index in [1.165, 1.54) is 44.9 Å². The first-order valence-electron chi connectivity index (χ1n) is 8.22. The van der Waals surface area contributed by atoms with Crippen LogP contribution in [0.25, 0.3) is 0 Å². The lowest BCUT2D eigenvalue weighted by Gasteiger charge is -2.29. The summed E-state index contributed by atoms with van der Waals surface area (Å²) in [5, 5.41) is 2.22. The summed E-state index contributed by atoms with van der Waals surface area (Å²) >= 11 is 4.53. The van der Waals surface area contributed by atoms with Gasteiger partial charge in [-0.2, -0.15) is 4.99 Å². The Kier molecular flexibility index (Phi) is 6.95. The third-order valence-electron chi connectivity index (χ3n) is 4.73. The van der Waals surface area contributed by atoms with Gasteiger partial charge in [-0.15, -0.1) is 6.58 Å². The van der Waals surface area contributed by atoms with Gasteiger partial charge in [0.25, 0.3) is 0 Å². The molecule has 1 aliphatic carbocycles. The number of allylic oxidation sites excluding steroid dienone is 1. The number of rotatable bonds is 7. The lowest BCUT2D eigenvalue weighted by Crippen LogP contribution is -2.13. The van der Waals surface area contributed by atoms with E-state index in [0.717, 1.165) is 17.9 Å². The molecule has 1 aliphatic rings. The van der Waals surface area contributed by atoms with Crippen LogP contribution >= 0.6 is 12.2 Å². The maximum atomic E-state index is 13.9. The van der Waals surface area contributed by atoms with Crippen LogP contribution in [0.2, 0.25) is 0 Å². The predicted molar refractivity (Wildman–Crippen MR) is 94.5 cm³/mol. The number of hydrogen-bond acceptors (Lipinski definition) is 2. The molecular formula is C19H24FNS. The molecule has 0 heterocycles. The first kappa shape index (κ1) is 17.1. The molecule has 1 saturated carbocycles. The second kappa shape index (κ2) is 8.97. The maximum absolute atomic E-state index is 13.9. The number of benzene rings is 1. The summed E-state index contributed by atoms with van der Waals surface area (Å²) in [6.45, 7) is 3.77. The van der Waals surface area contributed by atoms with Crippen LogP contribution in [-0.2, 0) is 0 Å². The van der Waals surface area contributed by atoms with E-state index in [1.807, 2.05) is 12.1 Å². The van der Waals surface area contributed by atoms with Crippen molar-refractivity contribution in [1.82, 2.24) is 0 Å². The van der Waals surface area contributed by atoms with Crippen LogP contribution in [0.4, 0.5) is 10.1 Å². The van der Waals surface area contributed by atoms with Crippen LogP contribution in [0.1, 0.15) is 62.8 Å². The molecule has 0 spiro atoms. The second-order valence-corrected chi connectivity index (χ2v) is 6.39. The van der Waals surface area contributed by atoms with Gasteiger partial charge in [-0.05, 0) is 80.3 Å². The van der Waals surface area contributed by atoms with E-state index in [4.69, 9.17) is 0 Å². The molecule has 3 heteroatoms. The lowest BCUT2D eigenvalue weighted by atomic mass is 9.77. The summed E-state index contributed by atoms with van der Waals surface area (Å²) in [5.41, 5.74) is 1.39. The van der Waals surface area contributed by atoms with Gasteiger partial charge in [0.05, 0.1) is 5.16 Å². The molecule has 0 aliphatic heterocycles. The Balaban J connectivity index is 1.85. The monoisotopic (exact) mass is 317 g/mol. The minimum atomic E-state index is -0.290. The van der Waals surface area contributed by atoms with E-state index in [0.29, 0.717) is 5.92 Å². The topological polar surface area (TPSA) is 12.4 Å². The predicted octanol–water partition coefficient (Wildman–Crippen LogP) is 6.58. The van der Waals surface area contributed by atoms with E-state index < -0.39 is 0 Å². The minimum Gasteiger partial charge on any atom is -0.205 e. The summed E-state index contributed by atoms with van der Waals surface area (Å²) in [4.78, 5) is 3.74. The normalized spacial score (nSPS) is 21.1. The standard InChI is InChI=1S/C19H24FNS/c1-2-3-4-5-6-15-7-9-16(10-8-15)17-11-12-19(21-14-22)18(20)13-17/h2,11-13,15-16H,1,3-10H2. The van der Waals surface area contributed by atoms with Crippen LogP contribution in [-0.4, -0.2) is 5.16 Å². The molecule has 1 nitrogen and oxygen atoms in total. The van der Waals surface area contributed by atoms with Crippen molar-refractivity contribution in [2.45, 2.75) is 57.3 Å². The Morgan fingerprint density at radius 3 is 2.68 bits per heavy atom. The maximum Gasteiger partial charge on any atom is 0.149 e. The fraction of sp³-hybridized carbons (Fsp3) is 0.526. The van der Waals surface area contributed by atoms with Crippen LogP contribution in [0.15, 0.2) is 35.8 Å². The zero-order chi connectivity index (χ0) is 15.8. The van der Waals surface area contributed by atoms with Gasteiger partial charge in [0.2, 0.25) is 0 Å². The summed E-state index contributed by atoms with van der Waals surface area (Å²) in [5.74, 6) is 1.05. The molecule has 0 unspecified atom stereocenters. The number of unbranched alkanes of at least 4 members (excludes halogenated alkanes) is 2. The van der Waals surface area contributed by atoms with Crippen LogP contribution in [0.3, 0.4) is 0 Å². The van der Waals surface area contributed by atoms with Crippen LogP contribution in [0, 0.1) is 11.7 Å². The fourth-order valence-corrected chi connectivity index (χ4v) is 3.52. The molecule has 0 saturated heterocycles. The number of nitrogens with zero attached hydrogens (tertiary/aromatic N) is 1. The molecule has 118 valence electrons. The van der Waals surface area contributed by atoms with E-state index >= 15 is 0 Å². The number of hydrogen-bond donors (Lipinski definition) is 0. The average Bonchev–Trinajstić information content (AvgIpc) is 2.54. The van der Waals surface area contributed by atoms with Crippen molar-refractivity contribution in [3.63, 3.8) is 0 Å². The SMILES string of the molecule is C=CCCCCC1CCC(c2ccc(N=C=S)c(F)c2)CC1. The Bertz CT molecular complexity index is 540. The van der Waals surface area contributed by atoms with Gasteiger partial charge in [0.15, 0.2) is 0 Å². The Morgan fingerprint density at radius 2 is 2.05 bits per heavy atom. The molecule has 1 aromatic rings. The smallest absolute Gasteiger partial charge is 0.149 e. The number of halogens is 1. The number of isothiocyanates is 1. The van der Waals surface area contributed by atoms with Crippen molar-refractivity contribution in [2.75, 3.05) is 0 Å². The molecule has 1 fully saturated rings. The lowest BCUT2D eigenvalue weighted by molar-refractivity contribution is 0.303. The summed E-state index contributed by atoms with van der Waals surface area (Å²) in [7, 11) is 0. The molecule has 0 aromatic heterocycles. The van der Waals surface area contributed by atoms with Gasteiger partial charge in [-0.3, -0.25) is 0 Å². The summed E-state index contributed by atoms with van der Waals surface area (Å²) in [6, 6.07) is 5.33. The Labute approximate surface area is 138 Å². The van der Waals surface area contributed by atoms with E-state index in [9.17, 15) is 4.39 Å². The minimum absolute atomic E-state index is 0.287. The fourth-order valence-electron chi connectivity index (χ4n) is 3.42. The highest BCUT2D eigenvalue weighted by Gasteiger charge is 2.22. The summed E-state index contributed by atoms with van der Waals surface area (Å²) < 4.78 is 13.9. The first-order chi connectivity index (χ1) is 10.7. The summed E-state index contributed by atoms with van der Waals surface area (Å²) in [6.07, 6.45) is 11.9. The van der Waals surface area contributed by atoms with Gasteiger partial charge in [-0.25, -0.2) is 4.39 Å². The third-order valence-corrected chi connectivity index (χ3v) is 4.82. The zero-order valence-corrected chi connectivity index (χ0v) is 13.9. The highest BCUT2D eigenvalue weighted by Crippen LogP contribution is 2.38. The highest BCUT2D eigenvalue weighted by molar-refractivity contribution is 7.78. The van der Waals surface area contributed by atoms with E-state index in [2.05, 4.69) is 29.0 Å². The average molecular weight is 317 g/mol. The zero-order valence-electron chi connectivity index (χ0n) is 13.1. The molecule has 1 aromatic carbocycles. The van der Waals surface area contributed by atoms with Gasteiger partial charge in [-0.1, -0.05) is 25.0 Å². The molecule has 0 bridgehead atoms. The van der Waals surface area contributed by atoms with Crippen molar-refractivity contribution < 1.29 is 4.39 Å². The molecule has 0 N–H and O–H groups in total. The third kappa shape index (κ3) is 4.86.